The highest BCUT2D eigenvalue weighted by atomic mass is 19.4. The van der Waals surface area contributed by atoms with Gasteiger partial charge in [0.15, 0.2) is 23.8 Å². The highest BCUT2D eigenvalue weighted by molar-refractivity contribution is 5.83. The van der Waals surface area contributed by atoms with Crippen molar-refractivity contribution < 1.29 is 56.8 Å². The number of hydrogen-bond donors (Lipinski definition) is 4. The number of aryl methyl sites for hydroxylation is 2. The van der Waals surface area contributed by atoms with Crippen LogP contribution in [0, 0.1) is 11.6 Å². The van der Waals surface area contributed by atoms with Gasteiger partial charge in [0.25, 0.3) is 5.56 Å². The van der Waals surface area contributed by atoms with E-state index in [2.05, 4.69) is 16.8 Å². The predicted octanol–water partition coefficient (Wildman–Crippen LogP) is 5.54. The number of carboxylic acid groups (broad SMARTS) is 2. The Morgan fingerprint density at radius 3 is 2.07 bits per heavy atom. The summed E-state index contributed by atoms with van der Waals surface area (Å²) in [5.41, 5.74) is 1.73. The molecular formula is C43H43F5N4O8. The number of carbonyl (C=O) groups is 3. The van der Waals surface area contributed by atoms with Gasteiger partial charge in [0.2, 0.25) is 5.91 Å². The van der Waals surface area contributed by atoms with Crippen LogP contribution in [0.5, 0.6) is 0 Å². The van der Waals surface area contributed by atoms with E-state index >= 15 is 0 Å². The van der Waals surface area contributed by atoms with Gasteiger partial charge in [-0.15, -0.1) is 0 Å². The Hall–Kier alpha value is -6.04. The zero-order valence-electron chi connectivity index (χ0n) is 32.4. The number of alkyl halides is 3. The first kappa shape index (κ1) is 45.1. The molecule has 17 heteroatoms. The van der Waals surface area contributed by atoms with E-state index in [9.17, 15) is 41.1 Å². The molecule has 60 heavy (non-hydrogen) atoms. The molecule has 3 unspecified atom stereocenters. The molecule has 6 rings (SSSR count). The first-order chi connectivity index (χ1) is 28.5. The summed E-state index contributed by atoms with van der Waals surface area (Å²) in [6.07, 6.45) is -6.80. The molecule has 4 N–H and O–H groups in total. The number of fused-ring (bicyclic) bond motifs is 1. The van der Waals surface area contributed by atoms with Crippen molar-refractivity contribution in [3.05, 3.63) is 135 Å². The molecular weight excluding hydrogens is 795 g/mol. The molecule has 0 spiro atoms. The maximum absolute atomic E-state index is 14.5. The average Bonchev–Trinajstić information content (AvgIpc) is 3.69. The molecule has 1 fully saturated rings. The van der Waals surface area contributed by atoms with Crippen LogP contribution in [0.25, 0.3) is 22.0 Å². The van der Waals surface area contributed by atoms with Crippen molar-refractivity contribution in [1.82, 2.24) is 19.4 Å². The number of aliphatic hydroxyl groups is 2. The third-order valence-electron chi connectivity index (χ3n) is 10.3. The molecule has 2 heterocycles. The number of para-hydroxylation sites is 1. The van der Waals surface area contributed by atoms with E-state index in [0.29, 0.717) is 28.8 Å². The molecule has 1 aromatic heterocycles. The van der Waals surface area contributed by atoms with Crippen LogP contribution < -0.4 is 5.56 Å². The molecule has 1 saturated heterocycles. The lowest BCUT2D eigenvalue weighted by Crippen LogP contribution is -2.44. The zero-order valence-corrected chi connectivity index (χ0v) is 32.4. The van der Waals surface area contributed by atoms with Crippen LogP contribution in [0.4, 0.5) is 22.0 Å². The molecule has 0 bridgehead atoms. The van der Waals surface area contributed by atoms with Crippen LogP contribution >= 0.6 is 0 Å². The fraction of sp³-hybridized carbons (Fsp3) is 0.326. The third-order valence-corrected chi connectivity index (χ3v) is 10.3. The van der Waals surface area contributed by atoms with E-state index in [0.717, 1.165) is 55.3 Å². The summed E-state index contributed by atoms with van der Waals surface area (Å²) >= 11 is 0. The minimum Gasteiger partial charge on any atom is -0.479 e. The summed E-state index contributed by atoms with van der Waals surface area (Å²) < 4.78 is 69.4. The Balaban J connectivity index is 0.000000606. The normalized spacial score (nSPS) is 15.2. The summed E-state index contributed by atoms with van der Waals surface area (Å²) in [5, 5.41) is 32.9. The number of halogens is 5. The SMILES string of the molecule is CCN1CCCC1CN(Cc1ccc(-c2ccc(C(F)(F)F)cc2)cc1)C(=O)Cn1c(CCc2cccc(F)c2F)nc(=O)c2ccccc21.O=C(O)C(O)C(O)C(=O)O. The summed E-state index contributed by atoms with van der Waals surface area (Å²) in [7, 11) is 0. The molecule has 318 valence electrons. The number of carboxylic acids is 2. The number of likely N-dealkylation sites (N-methyl/N-ethyl adjacent to an activating group) is 1. The second-order valence-corrected chi connectivity index (χ2v) is 14.2. The Morgan fingerprint density at radius 1 is 0.850 bits per heavy atom. The molecule has 0 radical (unpaired) electrons. The highest BCUT2D eigenvalue weighted by Crippen LogP contribution is 2.31. The number of carbonyl (C=O) groups excluding carboxylic acids is 1. The van der Waals surface area contributed by atoms with Crippen LogP contribution in [0.3, 0.4) is 0 Å². The van der Waals surface area contributed by atoms with E-state index < -0.39 is 53.1 Å². The summed E-state index contributed by atoms with van der Waals surface area (Å²) in [6, 6.07) is 23.4. The number of amides is 1. The Morgan fingerprint density at radius 2 is 1.47 bits per heavy atom. The fourth-order valence-electron chi connectivity index (χ4n) is 7.03. The summed E-state index contributed by atoms with van der Waals surface area (Å²) in [5.74, 6) is -5.36. The number of aromatic nitrogens is 2. The van der Waals surface area contributed by atoms with Crippen LogP contribution in [0.1, 0.15) is 42.3 Å². The van der Waals surface area contributed by atoms with Crippen molar-refractivity contribution >= 4 is 28.7 Å². The minimum absolute atomic E-state index is 0.0745. The van der Waals surface area contributed by atoms with E-state index in [-0.39, 0.29) is 43.4 Å². The van der Waals surface area contributed by atoms with Crippen molar-refractivity contribution in [2.45, 2.75) is 70.1 Å². The Kier molecular flexibility index (Phi) is 14.9. The van der Waals surface area contributed by atoms with Gasteiger partial charge in [-0.1, -0.05) is 67.6 Å². The molecule has 4 aromatic carbocycles. The maximum Gasteiger partial charge on any atom is 0.416 e. The number of likely N-dealkylation sites (tertiary alicyclic amines) is 1. The summed E-state index contributed by atoms with van der Waals surface area (Å²) in [4.78, 5) is 55.4. The number of aliphatic carboxylic acids is 2. The predicted molar refractivity (Wildman–Crippen MR) is 210 cm³/mol. The largest absolute Gasteiger partial charge is 0.479 e. The lowest BCUT2D eigenvalue weighted by molar-refractivity contribution is -0.165. The third kappa shape index (κ3) is 11.2. The molecule has 0 aliphatic carbocycles. The minimum atomic E-state index is -4.41. The van der Waals surface area contributed by atoms with Gasteiger partial charge in [0, 0.05) is 25.6 Å². The first-order valence-electron chi connectivity index (χ1n) is 19.0. The molecule has 12 nitrogen and oxygen atoms in total. The van der Waals surface area contributed by atoms with Crippen molar-refractivity contribution in [1.29, 1.82) is 0 Å². The lowest BCUT2D eigenvalue weighted by atomic mass is 10.0. The smallest absolute Gasteiger partial charge is 0.416 e. The maximum atomic E-state index is 14.5. The van der Waals surface area contributed by atoms with Crippen LogP contribution in [-0.2, 0) is 46.5 Å². The number of aliphatic hydroxyl groups excluding tert-OH is 2. The molecule has 5 aromatic rings. The van der Waals surface area contributed by atoms with Gasteiger partial charge in [-0.25, -0.2) is 18.4 Å². The number of hydrogen-bond acceptors (Lipinski definition) is 8. The van der Waals surface area contributed by atoms with Gasteiger partial charge in [-0.05, 0) is 84.9 Å². The van der Waals surface area contributed by atoms with Crippen LogP contribution in [-0.4, -0.2) is 95.5 Å². The fourth-order valence-corrected chi connectivity index (χ4v) is 7.03. The Labute approximate surface area is 340 Å². The van der Waals surface area contributed by atoms with Crippen LogP contribution in [0.2, 0.25) is 0 Å². The van der Waals surface area contributed by atoms with Crippen LogP contribution in [0.15, 0.2) is 95.8 Å². The van der Waals surface area contributed by atoms with Gasteiger partial charge >= 0.3 is 18.1 Å². The van der Waals surface area contributed by atoms with E-state index in [1.165, 1.54) is 24.3 Å². The molecule has 1 aliphatic heterocycles. The second kappa shape index (κ2) is 19.8. The standard InChI is InChI=1S/C39H37F5N4O2.C4H6O6/c1-2-46-22-6-8-31(46)24-47(23-26-12-14-27(15-13-26)28-16-19-30(20-17-28)39(42,43)44)36(49)25-48-34-11-4-3-9-32(34)38(50)45-35(48)21-18-29-7-5-10-33(40)37(29)41;5-1(3(7)8)2(6)4(9)10/h3-5,7,9-17,19-20,31H,2,6,8,18,21-25H2,1H3;1-2,5-6H,(H,7,8)(H,9,10). The quantitative estimate of drug-likeness (QED) is 0.104. The number of rotatable bonds is 14. The molecule has 0 saturated carbocycles. The second-order valence-electron chi connectivity index (χ2n) is 14.2. The van der Waals surface area contributed by atoms with Crippen molar-refractivity contribution in [2.75, 3.05) is 19.6 Å². The van der Waals surface area contributed by atoms with Crippen molar-refractivity contribution in [3.63, 3.8) is 0 Å². The monoisotopic (exact) mass is 838 g/mol. The van der Waals surface area contributed by atoms with Gasteiger partial charge in [0.1, 0.15) is 12.4 Å². The van der Waals surface area contributed by atoms with Gasteiger partial charge in [-0.2, -0.15) is 18.2 Å². The summed E-state index contributed by atoms with van der Waals surface area (Å²) in [6.45, 7) is 4.52. The number of benzene rings is 4. The first-order valence-corrected chi connectivity index (χ1v) is 19.0. The highest BCUT2D eigenvalue weighted by Gasteiger charge is 2.31. The molecule has 1 amide bonds. The average molecular weight is 839 g/mol. The van der Waals surface area contributed by atoms with E-state index in [1.54, 1.807) is 33.7 Å². The molecule has 3 atom stereocenters. The van der Waals surface area contributed by atoms with Crippen molar-refractivity contribution in [3.8, 4) is 11.1 Å². The molecule has 1 aliphatic rings. The van der Waals surface area contributed by atoms with Crippen molar-refractivity contribution in [2.24, 2.45) is 0 Å². The topological polar surface area (TPSA) is 174 Å². The lowest BCUT2D eigenvalue weighted by Gasteiger charge is -2.31. The van der Waals surface area contributed by atoms with Gasteiger partial charge in [-0.3, -0.25) is 14.5 Å². The Bertz CT molecular complexity index is 2340. The van der Waals surface area contributed by atoms with Gasteiger partial charge < -0.3 is 29.9 Å². The number of nitrogens with zero attached hydrogens (tertiary/aromatic N) is 4. The van der Waals surface area contributed by atoms with E-state index in [1.807, 2.05) is 24.3 Å². The van der Waals surface area contributed by atoms with E-state index in [4.69, 9.17) is 20.4 Å². The zero-order chi connectivity index (χ0) is 43.7. The van der Waals surface area contributed by atoms with Gasteiger partial charge in [0.05, 0.1) is 16.5 Å².